The zero-order valence-corrected chi connectivity index (χ0v) is 10.7. The van der Waals surface area contributed by atoms with E-state index >= 15 is 0 Å². The predicted octanol–water partition coefficient (Wildman–Crippen LogP) is 2.23. The second-order valence-electron chi connectivity index (χ2n) is 4.61. The third-order valence-electron chi connectivity index (χ3n) is 2.92. The average molecular weight is 244 g/mol. The predicted molar refractivity (Wildman–Crippen MR) is 70.5 cm³/mol. The Hall–Kier alpha value is -1.94. The topological polar surface area (TPSA) is 53.4 Å². The minimum Gasteiger partial charge on any atom is -0.480 e. The molecule has 0 spiro atoms. The maximum absolute atomic E-state index is 11.3. The molecule has 0 saturated heterocycles. The van der Waals surface area contributed by atoms with Crippen LogP contribution < -0.4 is 0 Å². The minimum absolute atomic E-state index is 0.629. The first-order valence-corrected chi connectivity index (χ1v) is 5.75. The van der Waals surface area contributed by atoms with Crippen molar-refractivity contribution in [2.24, 2.45) is 0 Å². The number of likely N-dealkylation sites (N-methyl/N-ethyl adjacent to an activating group) is 1. The molecule has 0 amide bonds. The van der Waals surface area contributed by atoms with Crippen LogP contribution >= 0.6 is 0 Å². The van der Waals surface area contributed by atoms with Gasteiger partial charge in [0.25, 0.3) is 0 Å². The van der Waals surface area contributed by atoms with Crippen LogP contribution in [0, 0.1) is 6.92 Å². The van der Waals surface area contributed by atoms with Gasteiger partial charge in [-0.05, 0) is 44.8 Å². The number of aromatic nitrogens is 1. The number of fused-ring (bicyclic) bond motifs is 1. The summed E-state index contributed by atoms with van der Waals surface area (Å²) in [4.78, 5) is 17.4. The number of carbonyl (C=O) groups is 1. The summed E-state index contributed by atoms with van der Waals surface area (Å²) in [5.74, 6) is -0.848. The van der Waals surface area contributed by atoms with Crippen LogP contribution in [0.1, 0.15) is 17.3 Å². The van der Waals surface area contributed by atoms with Gasteiger partial charge in [-0.1, -0.05) is 12.1 Å². The third kappa shape index (κ3) is 2.33. The maximum atomic E-state index is 11.3. The molecular formula is C14H16N2O2. The van der Waals surface area contributed by atoms with E-state index in [0.29, 0.717) is 0 Å². The lowest BCUT2D eigenvalue weighted by atomic mass is 10.0. The fraction of sp³-hybridized carbons (Fsp3) is 0.286. The Labute approximate surface area is 106 Å². The molecule has 0 aliphatic rings. The maximum Gasteiger partial charge on any atom is 0.325 e. The fourth-order valence-corrected chi connectivity index (χ4v) is 2.08. The molecule has 0 radical (unpaired) electrons. The zero-order valence-electron chi connectivity index (χ0n) is 10.7. The van der Waals surface area contributed by atoms with Gasteiger partial charge in [-0.25, -0.2) is 0 Å². The minimum atomic E-state index is -0.848. The number of rotatable bonds is 3. The number of hydrogen-bond donors (Lipinski definition) is 1. The summed E-state index contributed by atoms with van der Waals surface area (Å²) in [5.41, 5.74) is 2.62. The van der Waals surface area contributed by atoms with Gasteiger partial charge in [0, 0.05) is 11.1 Å². The summed E-state index contributed by atoms with van der Waals surface area (Å²) in [6.45, 7) is 1.94. The number of aliphatic carboxylic acids is 1. The number of carboxylic acid groups (broad SMARTS) is 1. The molecule has 2 aromatic rings. The highest BCUT2D eigenvalue weighted by Gasteiger charge is 2.22. The second kappa shape index (κ2) is 4.74. The van der Waals surface area contributed by atoms with Crippen LogP contribution in [0.5, 0.6) is 0 Å². The van der Waals surface area contributed by atoms with E-state index in [1.165, 1.54) is 0 Å². The van der Waals surface area contributed by atoms with Crippen molar-refractivity contribution in [2.75, 3.05) is 14.1 Å². The number of nitrogens with zero attached hydrogens (tertiary/aromatic N) is 2. The molecule has 2 rings (SSSR count). The Balaban J connectivity index is 2.52. The van der Waals surface area contributed by atoms with E-state index in [4.69, 9.17) is 0 Å². The summed E-state index contributed by atoms with van der Waals surface area (Å²) in [7, 11) is 3.52. The van der Waals surface area contributed by atoms with Crippen molar-refractivity contribution in [1.29, 1.82) is 0 Å². The molecule has 1 atom stereocenters. The Bertz CT molecular complexity index is 593. The van der Waals surface area contributed by atoms with Crippen molar-refractivity contribution in [1.82, 2.24) is 9.88 Å². The first kappa shape index (κ1) is 12.5. The van der Waals surface area contributed by atoms with E-state index in [-0.39, 0.29) is 0 Å². The van der Waals surface area contributed by atoms with Crippen molar-refractivity contribution in [3.63, 3.8) is 0 Å². The van der Waals surface area contributed by atoms with Gasteiger partial charge < -0.3 is 5.11 Å². The highest BCUT2D eigenvalue weighted by Crippen LogP contribution is 2.23. The van der Waals surface area contributed by atoms with Gasteiger partial charge in [-0.3, -0.25) is 14.7 Å². The first-order valence-electron chi connectivity index (χ1n) is 5.75. The molecule has 1 heterocycles. The van der Waals surface area contributed by atoms with Crippen molar-refractivity contribution < 1.29 is 9.90 Å². The van der Waals surface area contributed by atoms with Crippen LogP contribution in [-0.2, 0) is 4.79 Å². The Morgan fingerprint density at radius 2 is 2.00 bits per heavy atom. The van der Waals surface area contributed by atoms with Crippen LogP contribution in [0.25, 0.3) is 10.9 Å². The molecule has 4 nitrogen and oxygen atoms in total. The summed E-state index contributed by atoms with van der Waals surface area (Å²) in [5, 5.41) is 10.2. The van der Waals surface area contributed by atoms with Crippen molar-refractivity contribution in [2.45, 2.75) is 13.0 Å². The highest BCUT2D eigenvalue weighted by molar-refractivity contribution is 5.82. The number of aryl methyl sites for hydroxylation is 1. The van der Waals surface area contributed by atoms with Gasteiger partial charge in [0.15, 0.2) is 0 Å². The highest BCUT2D eigenvalue weighted by atomic mass is 16.4. The van der Waals surface area contributed by atoms with E-state index in [1.807, 2.05) is 37.3 Å². The average Bonchev–Trinajstić information content (AvgIpc) is 2.28. The Morgan fingerprint density at radius 1 is 1.28 bits per heavy atom. The standard InChI is InChI=1S/C14H16N2O2/c1-9-4-5-10-8-11(6-7-12(10)15-9)13(14(17)18)16(2)3/h4-8,13H,1-3H3,(H,17,18). The molecule has 1 unspecified atom stereocenters. The SMILES string of the molecule is Cc1ccc2cc(C(C(=O)O)N(C)C)ccc2n1. The normalized spacial score (nSPS) is 12.9. The summed E-state index contributed by atoms with van der Waals surface area (Å²) < 4.78 is 0. The largest absolute Gasteiger partial charge is 0.480 e. The number of pyridine rings is 1. The van der Waals surface area contributed by atoms with E-state index in [2.05, 4.69) is 4.98 Å². The molecule has 0 aliphatic heterocycles. The van der Waals surface area contributed by atoms with Gasteiger partial charge in [0.1, 0.15) is 6.04 Å². The van der Waals surface area contributed by atoms with Crippen LogP contribution in [0.4, 0.5) is 0 Å². The quantitative estimate of drug-likeness (QED) is 0.899. The second-order valence-corrected chi connectivity index (χ2v) is 4.61. The fourth-order valence-electron chi connectivity index (χ4n) is 2.08. The number of hydrogen-bond acceptors (Lipinski definition) is 3. The van der Waals surface area contributed by atoms with Gasteiger partial charge in [0.2, 0.25) is 0 Å². The van der Waals surface area contributed by atoms with Crippen molar-refractivity contribution in [3.05, 3.63) is 41.6 Å². The molecule has 0 bridgehead atoms. The number of carboxylic acids is 1. The number of benzene rings is 1. The van der Waals surface area contributed by atoms with Crippen LogP contribution in [0.2, 0.25) is 0 Å². The van der Waals surface area contributed by atoms with Gasteiger partial charge in [-0.15, -0.1) is 0 Å². The molecule has 1 aromatic heterocycles. The van der Waals surface area contributed by atoms with E-state index < -0.39 is 12.0 Å². The molecule has 4 heteroatoms. The molecule has 0 saturated carbocycles. The van der Waals surface area contributed by atoms with Crippen LogP contribution in [0.15, 0.2) is 30.3 Å². The lowest BCUT2D eigenvalue weighted by molar-refractivity contribution is -0.142. The van der Waals surface area contributed by atoms with Gasteiger partial charge in [-0.2, -0.15) is 0 Å². The van der Waals surface area contributed by atoms with E-state index in [9.17, 15) is 9.90 Å². The Morgan fingerprint density at radius 3 is 2.61 bits per heavy atom. The van der Waals surface area contributed by atoms with Crippen molar-refractivity contribution in [3.8, 4) is 0 Å². The molecule has 1 N–H and O–H groups in total. The van der Waals surface area contributed by atoms with E-state index in [0.717, 1.165) is 22.2 Å². The monoisotopic (exact) mass is 244 g/mol. The molecular weight excluding hydrogens is 228 g/mol. The molecule has 0 fully saturated rings. The third-order valence-corrected chi connectivity index (χ3v) is 2.92. The molecule has 0 aliphatic carbocycles. The molecule has 94 valence electrons. The van der Waals surface area contributed by atoms with Crippen LogP contribution in [0.3, 0.4) is 0 Å². The summed E-state index contributed by atoms with van der Waals surface area (Å²) >= 11 is 0. The zero-order chi connectivity index (χ0) is 13.3. The van der Waals surface area contributed by atoms with Crippen LogP contribution in [-0.4, -0.2) is 35.1 Å². The first-order chi connectivity index (χ1) is 8.49. The summed E-state index contributed by atoms with van der Waals surface area (Å²) in [6.07, 6.45) is 0. The van der Waals surface area contributed by atoms with E-state index in [1.54, 1.807) is 19.0 Å². The smallest absolute Gasteiger partial charge is 0.325 e. The lowest BCUT2D eigenvalue weighted by Gasteiger charge is -2.20. The molecule has 18 heavy (non-hydrogen) atoms. The van der Waals surface area contributed by atoms with Gasteiger partial charge >= 0.3 is 5.97 Å². The Kier molecular flexibility index (Phi) is 3.30. The molecule has 1 aromatic carbocycles. The van der Waals surface area contributed by atoms with Crippen molar-refractivity contribution >= 4 is 16.9 Å². The lowest BCUT2D eigenvalue weighted by Crippen LogP contribution is -2.27. The summed E-state index contributed by atoms with van der Waals surface area (Å²) in [6, 6.07) is 8.86. The van der Waals surface area contributed by atoms with Gasteiger partial charge in [0.05, 0.1) is 5.52 Å².